The van der Waals surface area contributed by atoms with Crippen LogP contribution in [0.1, 0.15) is 15.9 Å². The fraction of sp³-hybridized carbons (Fsp3) is 0.222. The molecule has 25 heavy (non-hydrogen) atoms. The van der Waals surface area contributed by atoms with Crippen LogP contribution in [0.5, 0.6) is 11.5 Å². The van der Waals surface area contributed by atoms with Crippen molar-refractivity contribution in [1.29, 1.82) is 0 Å². The average molecular weight is 408 g/mol. The molecule has 0 saturated heterocycles. The third-order valence-corrected chi connectivity index (χ3v) is 3.97. The summed E-state index contributed by atoms with van der Waals surface area (Å²) in [4.78, 5) is 23.8. The predicted octanol–water partition coefficient (Wildman–Crippen LogP) is 2.94. The molecule has 0 heterocycles. The Balaban J connectivity index is 1.82. The number of halogens is 1. The van der Waals surface area contributed by atoms with Crippen molar-refractivity contribution in [3.63, 3.8) is 0 Å². The maximum atomic E-state index is 12.0. The van der Waals surface area contributed by atoms with Crippen molar-refractivity contribution in [2.75, 3.05) is 20.8 Å². The molecule has 0 spiro atoms. The van der Waals surface area contributed by atoms with Crippen LogP contribution in [0.25, 0.3) is 0 Å². The van der Waals surface area contributed by atoms with E-state index < -0.39 is 5.97 Å². The van der Waals surface area contributed by atoms with Crippen molar-refractivity contribution < 1.29 is 23.8 Å². The molecule has 0 aliphatic carbocycles. The van der Waals surface area contributed by atoms with Gasteiger partial charge in [0, 0.05) is 6.54 Å². The third-order valence-electron chi connectivity index (χ3n) is 3.35. The summed E-state index contributed by atoms with van der Waals surface area (Å²) in [5.74, 6) is 0.347. The Hall–Kier alpha value is -2.54. The summed E-state index contributed by atoms with van der Waals surface area (Å²) in [5, 5.41) is 2.69. The second-order valence-corrected chi connectivity index (χ2v) is 5.91. The van der Waals surface area contributed by atoms with Crippen molar-refractivity contribution >= 4 is 27.8 Å². The number of methoxy groups -OCH3 is 2. The molecule has 7 heteroatoms. The topological polar surface area (TPSA) is 73.9 Å². The third kappa shape index (κ3) is 5.49. The molecular weight excluding hydrogens is 390 g/mol. The van der Waals surface area contributed by atoms with Gasteiger partial charge in [0.05, 0.1) is 24.3 Å². The number of hydrogen-bond donors (Lipinski definition) is 1. The van der Waals surface area contributed by atoms with Crippen LogP contribution < -0.4 is 14.8 Å². The van der Waals surface area contributed by atoms with E-state index in [0.717, 1.165) is 5.56 Å². The fourth-order valence-electron chi connectivity index (χ4n) is 2.04. The summed E-state index contributed by atoms with van der Waals surface area (Å²) in [6.07, 6.45) is 0. The fourth-order valence-corrected chi connectivity index (χ4v) is 2.58. The lowest BCUT2D eigenvalue weighted by Crippen LogP contribution is -2.28. The van der Waals surface area contributed by atoms with Gasteiger partial charge in [-0.3, -0.25) is 4.79 Å². The molecular formula is C18H18BrNO5. The molecule has 2 aromatic rings. The molecule has 1 amide bonds. The van der Waals surface area contributed by atoms with Crippen LogP contribution in [0.3, 0.4) is 0 Å². The van der Waals surface area contributed by atoms with Crippen molar-refractivity contribution in [1.82, 2.24) is 5.32 Å². The van der Waals surface area contributed by atoms with Crippen LogP contribution in [0.4, 0.5) is 0 Å². The molecule has 0 unspecified atom stereocenters. The molecule has 0 saturated carbocycles. The summed E-state index contributed by atoms with van der Waals surface area (Å²) in [6.45, 7) is -0.0336. The van der Waals surface area contributed by atoms with Gasteiger partial charge >= 0.3 is 5.97 Å². The maximum absolute atomic E-state index is 12.0. The zero-order valence-electron chi connectivity index (χ0n) is 13.9. The smallest absolute Gasteiger partial charge is 0.338 e. The highest BCUT2D eigenvalue weighted by Crippen LogP contribution is 2.25. The van der Waals surface area contributed by atoms with Gasteiger partial charge in [-0.25, -0.2) is 4.79 Å². The Kier molecular flexibility index (Phi) is 6.82. The number of benzene rings is 2. The van der Waals surface area contributed by atoms with Crippen LogP contribution in [-0.4, -0.2) is 32.7 Å². The number of rotatable bonds is 7. The highest BCUT2D eigenvalue weighted by Gasteiger charge is 2.12. The second kappa shape index (κ2) is 9.08. The van der Waals surface area contributed by atoms with E-state index >= 15 is 0 Å². The standard InChI is InChI=1S/C18H18BrNO5/c1-23-14-5-3-4-12(8-14)10-20-17(21)11-25-18(22)13-6-7-16(24-2)15(19)9-13/h3-9H,10-11H2,1-2H3,(H,20,21). The minimum Gasteiger partial charge on any atom is -0.497 e. The van der Waals surface area contributed by atoms with Crippen molar-refractivity contribution in [3.8, 4) is 11.5 Å². The first-order valence-corrected chi connectivity index (χ1v) is 8.23. The number of nitrogens with one attached hydrogen (secondary N) is 1. The van der Waals surface area contributed by atoms with Crippen LogP contribution in [0, 0.1) is 0 Å². The van der Waals surface area contributed by atoms with Gasteiger partial charge in [0.2, 0.25) is 0 Å². The first kappa shape index (κ1) is 18.8. The van der Waals surface area contributed by atoms with Gasteiger partial charge in [0.1, 0.15) is 11.5 Å². The van der Waals surface area contributed by atoms with Gasteiger partial charge < -0.3 is 19.5 Å². The summed E-state index contributed by atoms with van der Waals surface area (Å²) in [5.41, 5.74) is 1.21. The lowest BCUT2D eigenvalue weighted by molar-refractivity contribution is -0.124. The molecule has 0 atom stereocenters. The van der Waals surface area contributed by atoms with Crippen molar-refractivity contribution in [3.05, 3.63) is 58.1 Å². The molecule has 6 nitrogen and oxygen atoms in total. The molecule has 132 valence electrons. The molecule has 0 radical (unpaired) electrons. The monoisotopic (exact) mass is 407 g/mol. The maximum Gasteiger partial charge on any atom is 0.338 e. The Labute approximate surface area is 154 Å². The highest BCUT2D eigenvalue weighted by molar-refractivity contribution is 9.10. The predicted molar refractivity (Wildman–Crippen MR) is 95.8 cm³/mol. The second-order valence-electron chi connectivity index (χ2n) is 5.05. The van der Waals surface area contributed by atoms with Crippen molar-refractivity contribution in [2.45, 2.75) is 6.54 Å². The Bertz CT molecular complexity index is 763. The SMILES string of the molecule is COc1cccc(CNC(=O)COC(=O)c2ccc(OC)c(Br)c2)c1. The number of carbonyl (C=O) groups excluding carboxylic acids is 2. The van der Waals surface area contributed by atoms with Crippen molar-refractivity contribution in [2.24, 2.45) is 0 Å². The number of esters is 1. The summed E-state index contributed by atoms with van der Waals surface area (Å²) < 4.78 is 15.9. The first-order valence-electron chi connectivity index (χ1n) is 7.43. The Morgan fingerprint density at radius 1 is 1.08 bits per heavy atom. The van der Waals surface area contributed by atoms with E-state index in [1.54, 1.807) is 25.3 Å². The van der Waals surface area contributed by atoms with Gasteiger partial charge in [-0.1, -0.05) is 12.1 Å². The Morgan fingerprint density at radius 3 is 2.56 bits per heavy atom. The summed E-state index contributed by atoms with van der Waals surface area (Å²) in [6, 6.07) is 12.1. The van der Waals surface area contributed by atoms with Gasteiger partial charge in [-0.15, -0.1) is 0 Å². The number of carbonyl (C=O) groups is 2. The van der Waals surface area contributed by atoms with Gasteiger partial charge in [-0.05, 0) is 51.8 Å². The number of ether oxygens (including phenoxy) is 3. The number of amides is 1. The van der Waals surface area contributed by atoms with Crippen LogP contribution in [0.2, 0.25) is 0 Å². The van der Waals surface area contributed by atoms with Gasteiger partial charge in [0.15, 0.2) is 6.61 Å². The van der Waals surface area contributed by atoms with Gasteiger partial charge in [-0.2, -0.15) is 0 Å². The molecule has 0 aliphatic heterocycles. The molecule has 0 bridgehead atoms. The molecule has 0 fully saturated rings. The minimum atomic E-state index is -0.583. The average Bonchev–Trinajstić information content (AvgIpc) is 2.64. The van der Waals surface area contributed by atoms with Gasteiger partial charge in [0.25, 0.3) is 5.91 Å². The molecule has 0 aliphatic rings. The Morgan fingerprint density at radius 2 is 1.88 bits per heavy atom. The van der Waals surface area contributed by atoms with E-state index in [9.17, 15) is 9.59 Å². The molecule has 0 aromatic heterocycles. The first-order chi connectivity index (χ1) is 12.0. The molecule has 1 N–H and O–H groups in total. The summed E-state index contributed by atoms with van der Waals surface area (Å²) >= 11 is 3.30. The van der Waals surface area contributed by atoms with Crippen LogP contribution in [-0.2, 0) is 16.1 Å². The lowest BCUT2D eigenvalue weighted by atomic mass is 10.2. The molecule has 2 rings (SSSR count). The molecule has 2 aromatic carbocycles. The summed E-state index contributed by atoms with van der Waals surface area (Å²) in [7, 11) is 3.11. The highest BCUT2D eigenvalue weighted by atomic mass is 79.9. The zero-order valence-corrected chi connectivity index (χ0v) is 15.5. The van der Waals surface area contributed by atoms with Crippen LogP contribution in [0.15, 0.2) is 46.9 Å². The quantitative estimate of drug-likeness (QED) is 0.714. The van der Waals surface area contributed by atoms with E-state index in [4.69, 9.17) is 14.2 Å². The zero-order chi connectivity index (χ0) is 18.2. The van der Waals surface area contributed by atoms with E-state index in [1.165, 1.54) is 7.11 Å². The normalized spacial score (nSPS) is 10.0. The largest absolute Gasteiger partial charge is 0.497 e. The van der Waals surface area contributed by atoms with E-state index in [1.807, 2.05) is 24.3 Å². The van der Waals surface area contributed by atoms with E-state index in [-0.39, 0.29) is 12.5 Å². The lowest BCUT2D eigenvalue weighted by Gasteiger charge is -2.09. The number of hydrogen-bond acceptors (Lipinski definition) is 5. The minimum absolute atomic E-state index is 0.321. The van der Waals surface area contributed by atoms with E-state index in [0.29, 0.717) is 28.1 Å². The van der Waals surface area contributed by atoms with E-state index in [2.05, 4.69) is 21.2 Å². The van der Waals surface area contributed by atoms with Crippen LogP contribution >= 0.6 is 15.9 Å².